The summed E-state index contributed by atoms with van der Waals surface area (Å²) in [5.74, 6) is 0.111. The number of nitrogens with zero attached hydrogens (tertiary/aromatic N) is 3. The maximum absolute atomic E-state index is 12.6. The van der Waals surface area contributed by atoms with Gasteiger partial charge in [-0.3, -0.25) is 14.7 Å². The van der Waals surface area contributed by atoms with Crippen molar-refractivity contribution in [2.24, 2.45) is 4.99 Å². The molecule has 26 heavy (non-hydrogen) atoms. The lowest BCUT2D eigenvalue weighted by Gasteiger charge is -2.24. The molecule has 1 amide bonds. The molecule has 0 spiro atoms. The molecule has 0 aliphatic carbocycles. The van der Waals surface area contributed by atoms with Crippen LogP contribution in [0.2, 0.25) is 0 Å². The highest BCUT2D eigenvalue weighted by Gasteiger charge is 2.29. The van der Waals surface area contributed by atoms with Gasteiger partial charge < -0.3 is 4.90 Å². The van der Waals surface area contributed by atoms with Crippen LogP contribution in [0.1, 0.15) is 32.6 Å². The summed E-state index contributed by atoms with van der Waals surface area (Å²) in [4.78, 5) is 21.5. The van der Waals surface area contributed by atoms with E-state index < -0.39 is 0 Å². The number of allylic oxidation sites excluding steroid dienone is 4. The predicted octanol–water partition coefficient (Wildman–Crippen LogP) is 4.04. The summed E-state index contributed by atoms with van der Waals surface area (Å²) in [5, 5.41) is 2.75. The van der Waals surface area contributed by atoms with Gasteiger partial charge in [0.1, 0.15) is 5.04 Å². The van der Waals surface area contributed by atoms with Crippen LogP contribution in [0.4, 0.5) is 0 Å². The monoisotopic (exact) mass is 373 g/mol. The molecule has 0 aromatic carbocycles. The number of fused-ring (bicyclic) bond motifs is 1. The molecule has 4 nitrogen and oxygen atoms in total. The Morgan fingerprint density at radius 2 is 2.08 bits per heavy atom. The number of aliphatic imine (C=N–C) groups is 1. The lowest BCUT2D eigenvalue weighted by Crippen LogP contribution is -2.38. The van der Waals surface area contributed by atoms with Crippen molar-refractivity contribution in [2.75, 3.05) is 33.2 Å². The van der Waals surface area contributed by atoms with Crippen molar-refractivity contribution in [2.45, 2.75) is 38.6 Å². The molecule has 5 heteroatoms. The normalized spacial score (nSPS) is 22.8. The van der Waals surface area contributed by atoms with E-state index in [1.807, 2.05) is 16.4 Å². The predicted molar refractivity (Wildman–Crippen MR) is 114 cm³/mol. The zero-order valence-electron chi connectivity index (χ0n) is 16.1. The highest BCUT2D eigenvalue weighted by atomic mass is 32.2. The summed E-state index contributed by atoms with van der Waals surface area (Å²) in [6.45, 7) is 9.91. The molecular weight excluding hydrogens is 342 g/mol. The summed E-state index contributed by atoms with van der Waals surface area (Å²) in [5.41, 5.74) is 1.02. The molecule has 2 fully saturated rings. The molecule has 1 atom stereocenters. The molecule has 1 unspecified atom stereocenters. The molecule has 0 saturated carbocycles. The average Bonchev–Trinajstić information content (AvgIpc) is 2.99. The van der Waals surface area contributed by atoms with Crippen molar-refractivity contribution in [3.05, 3.63) is 47.9 Å². The third-order valence-corrected chi connectivity index (χ3v) is 5.70. The van der Waals surface area contributed by atoms with Crippen molar-refractivity contribution in [1.29, 1.82) is 0 Å². The third-order valence-electron chi connectivity index (χ3n) is 4.79. The standard InChI is InChI=1S/C21H31N3OS/c1-4-6-10-18(9-5-2)21(22-3)26-16-12-20(25)24-15-8-14-23-13-7-11-19(23)17-24/h5-6,9-10,12,16,19H,2,4,7-8,11,13-15,17H2,1,3H3/b10-6-,16-12+,18-9+,22-21?. The number of hydrogen-bond donors (Lipinski definition) is 0. The van der Waals surface area contributed by atoms with Crippen molar-refractivity contribution in [3.8, 4) is 0 Å². The lowest BCUT2D eigenvalue weighted by molar-refractivity contribution is -0.126. The van der Waals surface area contributed by atoms with Gasteiger partial charge in [-0.1, -0.05) is 49.6 Å². The minimum absolute atomic E-state index is 0.111. The van der Waals surface area contributed by atoms with E-state index in [4.69, 9.17) is 0 Å². The van der Waals surface area contributed by atoms with Crippen LogP contribution in [0.5, 0.6) is 0 Å². The van der Waals surface area contributed by atoms with Gasteiger partial charge in [-0.15, -0.1) is 0 Å². The fraction of sp³-hybridized carbons (Fsp3) is 0.524. The van der Waals surface area contributed by atoms with Crippen LogP contribution in [0.3, 0.4) is 0 Å². The molecule has 2 aliphatic rings. The highest BCUT2D eigenvalue weighted by molar-refractivity contribution is 8.16. The molecule has 0 bridgehead atoms. The van der Waals surface area contributed by atoms with Crippen LogP contribution in [0.15, 0.2) is 52.9 Å². The van der Waals surface area contributed by atoms with Crippen molar-refractivity contribution in [3.63, 3.8) is 0 Å². The van der Waals surface area contributed by atoms with E-state index in [1.165, 1.54) is 31.1 Å². The average molecular weight is 374 g/mol. The fourth-order valence-electron chi connectivity index (χ4n) is 3.49. The first kappa shape index (κ1) is 20.7. The van der Waals surface area contributed by atoms with E-state index in [-0.39, 0.29) is 5.91 Å². The zero-order chi connectivity index (χ0) is 18.8. The number of thioether (sulfide) groups is 1. The third kappa shape index (κ3) is 5.99. The highest BCUT2D eigenvalue weighted by Crippen LogP contribution is 2.22. The first-order chi connectivity index (χ1) is 12.7. The number of rotatable bonds is 6. The van der Waals surface area contributed by atoms with Gasteiger partial charge in [0, 0.05) is 44.4 Å². The summed E-state index contributed by atoms with van der Waals surface area (Å²) in [7, 11) is 1.78. The molecule has 2 saturated heterocycles. The minimum Gasteiger partial charge on any atom is -0.338 e. The van der Waals surface area contributed by atoms with E-state index in [0.29, 0.717) is 6.04 Å². The van der Waals surface area contributed by atoms with Gasteiger partial charge in [-0.05, 0) is 37.6 Å². The second-order valence-corrected chi connectivity index (χ2v) is 7.48. The van der Waals surface area contributed by atoms with Crippen molar-refractivity contribution >= 4 is 22.7 Å². The molecular formula is C21H31N3OS. The second kappa shape index (κ2) is 11.2. The molecule has 2 rings (SSSR count). The van der Waals surface area contributed by atoms with Crippen LogP contribution in [0, 0.1) is 0 Å². The largest absolute Gasteiger partial charge is 0.338 e. The van der Waals surface area contributed by atoms with Gasteiger partial charge in [0.15, 0.2) is 0 Å². The molecule has 2 aliphatic heterocycles. The number of hydrogen-bond acceptors (Lipinski definition) is 4. The van der Waals surface area contributed by atoms with E-state index in [1.54, 1.807) is 19.2 Å². The molecule has 0 aromatic rings. The van der Waals surface area contributed by atoms with Gasteiger partial charge in [0.25, 0.3) is 0 Å². The van der Waals surface area contributed by atoms with Crippen LogP contribution in [0.25, 0.3) is 0 Å². The smallest absolute Gasteiger partial charge is 0.247 e. The van der Waals surface area contributed by atoms with Crippen molar-refractivity contribution in [1.82, 2.24) is 9.80 Å². The Balaban J connectivity index is 1.94. The summed E-state index contributed by atoms with van der Waals surface area (Å²) in [6.07, 6.45) is 14.1. The SMILES string of the molecule is C=C/C=C(\C=C/CC)C(=NC)S/C=C/C(=O)N1CCCN2CCCC2C1. The summed E-state index contributed by atoms with van der Waals surface area (Å²) in [6, 6.07) is 0.552. The summed E-state index contributed by atoms with van der Waals surface area (Å²) >= 11 is 1.48. The maximum atomic E-state index is 12.6. The molecule has 0 aromatic heterocycles. The Morgan fingerprint density at radius 3 is 2.81 bits per heavy atom. The Hall–Kier alpha value is -1.59. The van der Waals surface area contributed by atoms with Gasteiger partial charge in [-0.2, -0.15) is 0 Å². The van der Waals surface area contributed by atoms with E-state index in [0.717, 1.165) is 43.1 Å². The van der Waals surface area contributed by atoms with Gasteiger partial charge in [-0.25, -0.2) is 0 Å². The number of carbonyl (C=O) groups is 1. The number of carbonyl (C=O) groups excluding carboxylic acids is 1. The van der Waals surface area contributed by atoms with Gasteiger partial charge >= 0.3 is 0 Å². The molecule has 0 radical (unpaired) electrons. The van der Waals surface area contributed by atoms with Crippen LogP contribution in [-0.2, 0) is 4.79 Å². The zero-order valence-corrected chi connectivity index (χ0v) is 16.9. The first-order valence-electron chi connectivity index (χ1n) is 9.52. The van der Waals surface area contributed by atoms with Crippen LogP contribution in [-0.4, -0.2) is 60.0 Å². The topological polar surface area (TPSA) is 35.9 Å². The Bertz CT molecular complexity index is 606. The van der Waals surface area contributed by atoms with E-state index in [2.05, 4.69) is 35.5 Å². The van der Waals surface area contributed by atoms with E-state index in [9.17, 15) is 4.79 Å². The first-order valence-corrected chi connectivity index (χ1v) is 10.4. The Labute approximate surface area is 162 Å². The lowest BCUT2D eigenvalue weighted by atomic mass is 10.2. The van der Waals surface area contributed by atoms with Gasteiger partial charge in [0.2, 0.25) is 5.91 Å². The van der Waals surface area contributed by atoms with Gasteiger partial charge in [0.05, 0.1) is 0 Å². The Morgan fingerprint density at radius 1 is 1.27 bits per heavy atom. The molecule has 2 heterocycles. The summed E-state index contributed by atoms with van der Waals surface area (Å²) < 4.78 is 0. The Kier molecular flexibility index (Phi) is 8.92. The molecule has 142 valence electrons. The maximum Gasteiger partial charge on any atom is 0.247 e. The van der Waals surface area contributed by atoms with Crippen LogP contribution < -0.4 is 0 Å². The minimum atomic E-state index is 0.111. The van der Waals surface area contributed by atoms with Crippen molar-refractivity contribution < 1.29 is 4.79 Å². The van der Waals surface area contributed by atoms with E-state index >= 15 is 0 Å². The second-order valence-electron chi connectivity index (χ2n) is 6.59. The molecule has 0 N–H and O–H groups in total. The quantitative estimate of drug-likeness (QED) is 0.305. The fourth-order valence-corrected chi connectivity index (χ4v) is 4.18. The van der Waals surface area contributed by atoms with Crippen LogP contribution >= 0.6 is 11.8 Å². The number of amides is 1.